The molecule has 0 fully saturated rings. The van der Waals surface area contributed by atoms with Crippen molar-refractivity contribution in [2.24, 2.45) is 0 Å². The molecule has 0 aliphatic carbocycles. The molecule has 1 aromatic heterocycles. The van der Waals surface area contributed by atoms with E-state index in [0.717, 1.165) is 12.1 Å². The minimum Gasteiger partial charge on any atom is -0.257 e. The summed E-state index contributed by atoms with van der Waals surface area (Å²) >= 11 is 0. The minimum atomic E-state index is 1.05. The van der Waals surface area contributed by atoms with E-state index in [0.29, 0.717) is 0 Å². The molecule has 1 nitrogen and oxygen atoms in total. The Balaban J connectivity index is 2.92. The molecule has 1 heterocycles. The third-order valence-corrected chi connectivity index (χ3v) is 1.72. The molecular weight excluding hydrogens is 134 g/mol. The maximum atomic E-state index is 4.25. The van der Waals surface area contributed by atoms with Crippen molar-refractivity contribution in [3.8, 4) is 0 Å². The molecular formula is C10H13N. The zero-order valence-electron chi connectivity index (χ0n) is 7.04. The first kappa shape index (κ1) is 7.99. The number of hydrogen-bond acceptors (Lipinski definition) is 1. The summed E-state index contributed by atoms with van der Waals surface area (Å²) in [7, 11) is 0. The van der Waals surface area contributed by atoms with E-state index >= 15 is 0 Å². The van der Waals surface area contributed by atoms with Crippen LogP contribution in [0.5, 0.6) is 0 Å². The highest BCUT2D eigenvalue weighted by Crippen LogP contribution is 2.13. The van der Waals surface area contributed by atoms with Crippen LogP contribution in [0.25, 0.3) is 5.57 Å². The molecule has 58 valence electrons. The van der Waals surface area contributed by atoms with Crippen molar-refractivity contribution in [3.05, 3.63) is 36.2 Å². The second-order valence-corrected chi connectivity index (χ2v) is 2.38. The highest BCUT2D eigenvalue weighted by molar-refractivity contribution is 5.61. The molecule has 0 spiro atoms. The average Bonchev–Trinajstić information content (AvgIpc) is 2.09. The van der Waals surface area contributed by atoms with E-state index in [2.05, 4.69) is 18.0 Å². The molecule has 0 aromatic carbocycles. The highest BCUT2D eigenvalue weighted by Gasteiger charge is 1.95. The summed E-state index contributed by atoms with van der Waals surface area (Å²) in [5.41, 5.74) is 2.41. The van der Waals surface area contributed by atoms with Crippen LogP contribution in [0.15, 0.2) is 30.5 Å². The molecule has 1 aromatic rings. The Labute approximate surface area is 67.8 Å². The average molecular weight is 147 g/mol. The van der Waals surface area contributed by atoms with E-state index in [1.807, 2.05) is 31.3 Å². The van der Waals surface area contributed by atoms with Gasteiger partial charge in [0, 0.05) is 6.20 Å². The highest BCUT2D eigenvalue weighted by atomic mass is 14.7. The van der Waals surface area contributed by atoms with Gasteiger partial charge in [-0.25, -0.2) is 0 Å². The van der Waals surface area contributed by atoms with Crippen LogP contribution >= 0.6 is 0 Å². The molecule has 0 saturated carbocycles. The van der Waals surface area contributed by atoms with Crippen molar-refractivity contribution in [1.29, 1.82) is 0 Å². The largest absolute Gasteiger partial charge is 0.257 e. The normalized spacial score (nSPS) is 11.6. The molecule has 0 bridgehead atoms. The van der Waals surface area contributed by atoms with Crippen LogP contribution in [0.4, 0.5) is 0 Å². The van der Waals surface area contributed by atoms with Crippen LogP contribution in [0.1, 0.15) is 26.0 Å². The van der Waals surface area contributed by atoms with Gasteiger partial charge in [0.2, 0.25) is 0 Å². The molecule has 0 unspecified atom stereocenters. The predicted molar refractivity (Wildman–Crippen MR) is 48.2 cm³/mol. The van der Waals surface area contributed by atoms with Crippen molar-refractivity contribution in [2.45, 2.75) is 20.3 Å². The van der Waals surface area contributed by atoms with E-state index in [9.17, 15) is 0 Å². The fourth-order valence-corrected chi connectivity index (χ4v) is 1.09. The van der Waals surface area contributed by atoms with Crippen molar-refractivity contribution in [1.82, 2.24) is 4.98 Å². The topological polar surface area (TPSA) is 12.9 Å². The van der Waals surface area contributed by atoms with Gasteiger partial charge in [-0.15, -0.1) is 0 Å². The van der Waals surface area contributed by atoms with Gasteiger partial charge >= 0.3 is 0 Å². The predicted octanol–water partition coefficient (Wildman–Crippen LogP) is 2.89. The smallest absolute Gasteiger partial charge is 0.0658 e. The summed E-state index contributed by atoms with van der Waals surface area (Å²) in [6, 6.07) is 5.99. The summed E-state index contributed by atoms with van der Waals surface area (Å²) in [6.45, 7) is 4.19. The minimum absolute atomic E-state index is 1.05. The molecule has 1 heteroatoms. The lowest BCUT2D eigenvalue weighted by molar-refractivity contribution is 1.17. The number of nitrogens with zero attached hydrogens (tertiary/aromatic N) is 1. The van der Waals surface area contributed by atoms with Crippen molar-refractivity contribution in [3.63, 3.8) is 0 Å². The number of rotatable bonds is 2. The molecule has 0 N–H and O–H groups in total. The molecule has 0 aliphatic heterocycles. The molecule has 0 aliphatic rings. The molecule has 0 saturated heterocycles. The fourth-order valence-electron chi connectivity index (χ4n) is 1.09. The molecule has 0 radical (unpaired) electrons. The first-order chi connectivity index (χ1) is 5.38. The zero-order valence-corrected chi connectivity index (χ0v) is 7.04. The Kier molecular flexibility index (Phi) is 2.84. The summed E-state index contributed by atoms with van der Waals surface area (Å²) in [5.74, 6) is 0. The van der Waals surface area contributed by atoms with Gasteiger partial charge in [0.15, 0.2) is 0 Å². The van der Waals surface area contributed by atoms with Gasteiger partial charge in [-0.1, -0.05) is 19.1 Å². The number of aromatic nitrogens is 1. The van der Waals surface area contributed by atoms with Crippen molar-refractivity contribution >= 4 is 5.57 Å². The monoisotopic (exact) mass is 147 g/mol. The Morgan fingerprint density at radius 1 is 1.55 bits per heavy atom. The van der Waals surface area contributed by atoms with Crippen LogP contribution in [-0.4, -0.2) is 4.98 Å². The lowest BCUT2D eigenvalue weighted by Gasteiger charge is -2.00. The second-order valence-electron chi connectivity index (χ2n) is 2.38. The summed E-state index contributed by atoms with van der Waals surface area (Å²) in [6.07, 6.45) is 4.99. The van der Waals surface area contributed by atoms with Gasteiger partial charge in [-0.2, -0.15) is 0 Å². The first-order valence-electron chi connectivity index (χ1n) is 3.95. The zero-order chi connectivity index (χ0) is 8.10. The lowest BCUT2D eigenvalue weighted by Crippen LogP contribution is -1.85. The van der Waals surface area contributed by atoms with Gasteiger partial charge in [-0.3, -0.25) is 4.98 Å². The van der Waals surface area contributed by atoms with Crippen LogP contribution < -0.4 is 0 Å². The first-order valence-corrected chi connectivity index (χ1v) is 3.95. The van der Waals surface area contributed by atoms with Gasteiger partial charge in [-0.05, 0) is 31.1 Å². The lowest BCUT2D eigenvalue weighted by atomic mass is 10.1. The Hall–Kier alpha value is -1.11. The van der Waals surface area contributed by atoms with E-state index in [4.69, 9.17) is 0 Å². The molecule has 0 amide bonds. The summed E-state index contributed by atoms with van der Waals surface area (Å²) in [4.78, 5) is 4.25. The van der Waals surface area contributed by atoms with Crippen LogP contribution in [0.2, 0.25) is 0 Å². The van der Waals surface area contributed by atoms with E-state index in [1.54, 1.807) is 0 Å². The Morgan fingerprint density at radius 3 is 2.82 bits per heavy atom. The van der Waals surface area contributed by atoms with Crippen molar-refractivity contribution in [2.75, 3.05) is 0 Å². The summed E-state index contributed by atoms with van der Waals surface area (Å²) in [5, 5.41) is 0. The third kappa shape index (κ3) is 1.90. The quantitative estimate of drug-likeness (QED) is 0.626. The second kappa shape index (κ2) is 3.91. The van der Waals surface area contributed by atoms with Gasteiger partial charge in [0.1, 0.15) is 0 Å². The van der Waals surface area contributed by atoms with Gasteiger partial charge < -0.3 is 0 Å². The molecule has 11 heavy (non-hydrogen) atoms. The fraction of sp³-hybridized carbons (Fsp3) is 0.300. The van der Waals surface area contributed by atoms with Gasteiger partial charge in [0.05, 0.1) is 5.69 Å². The maximum absolute atomic E-state index is 4.25. The Bertz CT molecular complexity index is 236. The maximum Gasteiger partial charge on any atom is 0.0658 e. The third-order valence-electron chi connectivity index (χ3n) is 1.72. The van der Waals surface area contributed by atoms with E-state index < -0.39 is 0 Å². The van der Waals surface area contributed by atoms with Crippen LogP contribution in [0, 0.1) is 0 Å². The van der Waals surface area contributed by atoms with Crippen molar-refractivity contribution < 1.29 is 0 Å². The van der Waals surface area contributed by atoms with E-state index in [-0.39, 0.29) is 0 Å². The molecule has 1 rings (SSSR count). The number of pyridine rings is 1. The standard InChI is InChI=1S/C10H13N/c1-3-9(4-2)10-7-5-6-8-11-10/h3,5-8H,4H2,1-2H3. The summed E-state index contributed by atoms with van der Waals surface area (Å²) < 4.78 is 0. The molecule has 0 atom stereocenters. The SMILES string of the molecule is CC=C(CC)c1ccccn1. The number of hydrogen-bond donors (Lipinski definition) is 0. The number of allylic oxidation sites excluding steroid dienone is 2. The Morgan fingerprint density at radius 2 is 2.36 bits per heavy atom. The van der Waals surface area contributed by atoms with E-state index in [1.165, 1.54) is 5.57 Å². The van der Waals surface area contributed by atoms with Gasteiger partial charge in [0.25, 0.3) is 0 Å². The van der Waals surface area contributed by atoms with Crippen LogP contribution in [0.3, 0.4) is 0 Å². The van der Waals surface area contributed by atoms with Crippen LogP contribution in [-0.2, 0) is 0 Å².